The Labute approximate surface area is 170 Å². The van der Waals surface area contributed by atoms with Crippen LogP contribution in [0.5, 0.6) is 0 Å². The fraction of sp³-hybridized carbons (Fsp3) is 0.182. The van der Waals surface area contributed by atoms with Crippen molar-refractivity contribution in [2.75, 3.05) is 11.0 Å². The number of aromatic nitrogens is 1. The number of rotatable bonds is 6. The summed E-state index contributed by atoms with van der Waals surface area (Å²) in [6.45, 7) is 1.97. The maximum absolute atomic E-state index is 12.8. The number of benzene rings is 2. The molecule has 0 atom stereocenters. The van der Waals surface area contributed by atoms with E-state index in [1.165, 1.54) is 6.07 Å². The van der Waals surface area contributed by atoms with Crippen molar-refractivity contribution in [3.63, 3.8) is 0 Å². The van der Waals surface area contributed by atoms with Gasteiger partial charge in [0.25, 0.3) is 0 Å². The van der Waals surface area contributed by atoms with E-state index in [1.54, 1.807) is 18.2 Å². The number of hydrogen-bond donors (Lipinski definition) is 1. The van der Waals surface area contributed by atoms with E-state index in [0.29, 0.717) is 28.9 Å². The molecule has 0 spiro atoms. The second kappa shape index (κ2) is 7.94. The third-order valence-electron chi connectivity index (χ3n) is 4.68. The lowest BCUT2D eigenvalue weighted by atomic mass is 10.0. The topological polar surface area (TPSA) is 92.0 Å². The molecule has 0 saturated heterocycles. The van der Waals surface area contributed by atoms with Gasteiger partial charge >= 0.3 is 0 Å². The fourth-order valence-corrected chi connectivity index (χ4v) is 3.67. The van der Waals surface area contributed by atoms with Crippen molar-refractivity contribution in [1.29, 1.82) is 5.26 Å². The summed E-state index contributed by atoms with van der Waals surface area (Å²) in [7, 11) is -1.60. The predicted molar refractivity (Wildman–Crippen MR) is 112 cm³/mol. The monoisotopic (exact) mass is 407 g/mol. The van der Waals surface area contributed by atoms with E-state index < -0.39 is 10.0 Å². The summed E-state index contributed by atoms with van der Waals surface area (Å²) in [4.78, 5) is 12.8. The lowest BCUT2D eigenvalue weighted by molar-refractivity contribution is 0.103. The number of anilines is 1. The molecular weight excluding hydrogens is 386 g/mol. The minimum absolute atomic E-state index is 0.0630. The lowest BCUT2D eigenvalue weighted by Gasteiger charge is -2.10. The molecule has 148 valence electrons. The number of ketones is 1. The van der Waals surface area contributed by atoms with E-state index in [1.807, 2.05) is 48.9 Å². The van der Waals surface area contributed by atoms with Gasteiger partial charge in [-0.05, 0) is 36.8 Å². The van der Waals surface area contributed by atoms with Crippen LogP contribution >= 0.6 is 0 Å². The van der Waals surface area contributed by atoms with E-state index in [0.717, 1.165) is 23.1 Å². The highest BCUT2D eigenvalue weighted by Gasteiger charge is 2.16. The minimum atomic E-state index is -3.42. The van der Waals surface area contributed by atoms with Crippen LogP contribution in [-0.4, -0.2) is 25.0 Å². The summed E-state index contributed by atoms with van der Waals surface area (Å²) >= 11 is 0. The van der Waals surface area contributed by atoms with Crippen LogP contribution in [0.15, 0.2) is 54.6 Å². The second-order valence-electron chi connectivity index (χ2n) is 7.00. The van der Waals surface area contributed by atoms with Crippen LogP contribution < -0.4 is 4.72 Å². The standard InChI is InChI=1S/C22H21N3O3S/c1-15-4-6-16(7-5-15)22(26)21-11-10-20(25(21)2)13-17-8-9-19(12-18(17)14-23)24-29(3,27)28/h4-12,24H,13H2,1-3H3. The number of hydrogen-bond acceptors (Lipinski definition) is 4. The maximum atomic E-state index is 12.8. The average Bonchev–Trinajstić information content (AvgIpc) is 3.02. The SMILES string of the molecule is Cc1ccc(C(=O)c2ccc(Cc3ccc(NS(C)(=O)=O)cc3C#N)n2C)cc1. The molecule has 0 aliphatic heterocycles. The van der Waals surface area contributed by atoms with Gasteiger partial charge in [0.05, 0.1) is 23.6 Å². The molecule has 0 fully saturated rings. The molecule has 0 unspecified atom stereocenters. The lowest BCUT2D eigenvalue weighted by Crippen LogP contribution is -2.11. The van der Waals surface area contributed by atoms with Crippen molar-refractivity contribution in [3.8, 4) is 6.07 Å². The number of aryl methyl sites for hydroxylation is 1. The van der Waals surface area contributed by atoms with Gasteiger partial charge in [-0.15, -0.1) is 0 Å². The minimum Gasteiger partial charge on any atom is -0.345 e. The first-order chi connectivity index (χ1) is 13.7. The molecule has 0 saturated carbocycles. The molecule has 0 aliphatic carbocycles. The normalized spacial score (nSPS) is 11.1. The molecule has 1 N–H and O–H groups in total. The van der Waals surface area contributed by atoms with Crippen LogP contribution in [0.3, 0.4) is 0 Å². The summed E-state index contributed by atoms with van der Waals surface area (Å²) in [5.74, 6) is -0.0630. The number of carbonyl (C=O) groups excluding carboxylic acids is 1. The van der Waals surface area contributed by atoms with Crippen LogP contribution in [0, 0.1) is 18.3 Å². The molecule has 6 nitrogen and oxygen atoms in total. The first-order valence-electron chi connectivity index (χ1n) is 8.95. The summed E-state index contributed by atoms with van der Waals surface area (Å²) in [5, 5.41) is 9.46. The van der Waals surface area contributed by atoms with E-state index in [-0.39, 0.29) is 5.78 Å². The first-order valence-corrected chi connectivity index (χ1v) is 10.8. The molecular formula is C22H21N3O3S. The molecule has 7 heteroatoms. The zero-order valence-electron chi connectivity index (χ0n) is 16.4. The number of sulfonamides is 1. The van der Waals surface area contributed by atoms with Crippen molar-refractivity contribution in [3.05, 3.63) is 88.2 Å². The van der Waals surface area contributed by atoms with Gasteiger partial charge in [0.1, 0.15) is 0 Å². The predicted octanol–water partition coefficient (Wildman–Crippen LogP) is 3.40. The molecule has 0 amide bonds. The van der Waals surface area contributed by atoms with Crippen molar-refractivity contribution < 1.29 is 13.2 Å². The van der Waals surface area contributed by atoms with Crippen LogP contribution in [0.2, 0.25) is 0 Å². The Balaban J connectivity index is 1.87. The molecule has 3 rings (SSSR count). The van der Waals surface area contributed by atoms with Crippen LogP contribution in [-0.2, 0) is 23.5 Å². The van der Waals surface area contributed by atoms with Crippen molar-refractivity contribution in [2.24, 2.45) is 7.05 Å². The zero-order chi connectivity index (χ0) is 21.2. The molecule has 29 heavy (non-hydrogen) atoms. The zero-order valence-corrected chi connectivity index (χ0v) is 17.2. The molecule has 3 aromatic rings. The smallest absolute Gasteiger partial charge is 0.229 e. The Hall–Kier alpha value is -3.37. The summed E-state index contributed by atoms with van der Waals surface area (Å²) in [6.07, 6.45) is 1.50. The average molecular weight is 407 g/mol. The van der Waals surface area contributed by atoms with E-state index in [4.69, 9.17) is 0 Å². The van der Waals surface area contributed by atoms with Crippen molar-refractivity contribution in [2.45, 2.75) is 13.3 Å². The van der Waals surface area contributed by atoms with Gasteiger partial charge in [-0.2, -0.15) is 5.26 Å². The molecule has 0 radical (unpaired) electrons. The number of nitriles is 1. The van der Waals surface area contributed by atoms with Crippen LogP contribution in [0.4, 0.5) is 5.69 Å². The highest BCUT2D eigenvalue weighted by atomic mass is 32.2. The van der Waals surface area contributed by atoms with Crippen molar-refractivity contribution in [1.82, 2.24) is 4.57 Å². The van der Waals surface area contributed by atoms with Gasteiger partial charge in [0, 0.05) is 30.4 Å². The quantitative estimate of drug-likeness (QED) is 0.634. The van der Waals surface area contributed by atoms with Crippen LogP contribution in [0.1, 0.15) is 38.4 Å². The van der Waals surface area contributed by atoms with Gasteiger partial charge in [-0.25, -0.2) is 8.42 Å². The van der Waals surface area contributed by atoms with E-state index in [2.05, 4.69) is 10.8 Å². The summed E-state index contributed by atoms with van der Waals surface area (Å²) < 4.78 is 27.0. The molecule has 2 aromatic carbocycles. The van der Waals surface area contributed by atoms with Gasteiger partial charge < -0.3 is 4.57 Å². The molecule has 1 aromatic heterocycles. The first kappa shape index (κ1) is 20.4. The Bertz CT molecular complexity index is 1220. The van der Waals surface area contributed by atoms with E-state index in [9.17, 15) is 18.5 Å². The Morgan fingerprint density at radius 3 is 2.41 bits per heavy atom. The third-order valence-corrected chi connectivity index (χ3v) is 5.28. The number of carbonyl (C=O) groups is 1. The van der Waals surface area contributed by atoms with Gasteiger partial charge in [-0.3, -0.25) is 9.52 Å². The Morgan fingerprint density at radius 2 is 1.79 bits per heavy atom. The van der Waals surface area contributed by atoms with Crippen molar-refractivity contribution >= 4 is 21.5 Å². The van der Waals surface area contributed by atoms with Gasteiger partial charge in [-0.1, -0.05) is 35.9 Å². The summed E-state index contributed by atoms with van der Waals surface area (Å²) in [5.41, 5.74) is 4.63. The maximum Gasteiger partial charge on any atom is 0.229 e. The second-order valence-corrected chi connectivity index (χ2v) is 8.75. The number of nitrogens with zero attached hydrogens (tertiary/aromatic N) is 2. The Morgan fingerprint density at radius 1 is 1.10 bits per heavy atom. The Kier molecular flexibility index (Phi) is 5.57. The fourth-order valence-electron chi connectivity index (χ4n) is 3.12. The van der Waals surface area contributed by atoms with Gasteiger partial charge in [0.2, 0.25) is 15.8 Å². The molecule has 0 bridgehead atoms. The third kappa shape index (κ3) is 4.73. The summed E-state index contributed by atoms with van der Waals surface area (Å²) in [6, 6.07) is 18.0. The van der Waals surface area contributed by atoms with Crippen LogP contribution in [0.25, 0.3) is 0 Å². The largest absolute Gasteiger partial charge is 0.345 e. The highest BCUT2D eigenvalue weighted by molar-refractivity contribution is 7.92. The van der Waals surface area contributed by atoms with E-state index >= 15 is 0 Å². The number of nitrogens with one attached hydrogen (secondary N) is 1. The van der Waals surface area contributed by atoms with Gasteiger partial charge in [0.15, 0.2) is 0 Å². The molecule has 1 heterocycles. The highest BCUT2D eigenvalue weighted by Crippen LogP contribution is 2.21. The molecule has 0 aliphatic rings.